The summed E-state index contributed by atoms with van der Waals surface area (Å²) in [6.07, 6.45) is 2.28. The number of carbonyl (C=O) groups is 1. The van der Waals surface area contributed by atoms with Gasteiger partial charge in [0.05, 0.1) is 5.56 Å². The number of halogens is 1. The lowest BCUT2D eigenvalue weighted by Crippen LogP contribution is -2.47. The van der Waals surface area contributed by atoms with Crippen molar-refractivity contribution >= 4 is 28.5 Å². The summed E-state index contributed by atoms with van der Waals surface area (Å²) in [5, 5.41) is 0. The van der Waals surface area contributed by atoms with Gasteiger partial charge >= 0.3 is 0 Å². The van der Waals surface area contributed by atoms with Gasteiger partial charge in [-0.25, -0.2) is 0 Å². The molecule has 98 valence electrons. The molecule has 0 bridgehead atoms. The number of hydrogen-bond acceptors (Lipinski definition) is 2. The first-order valence-electron chi connectivity index (χ1n) is 6.30. The Morgan fingerprint density at radius 3 is 2.83 bits per heavy atom. The van der Waals surface area contributed by atoms with Gasteiger partial charge in [-0.3, -0.25) is 4.79 Å². The minimum absolute atomic E-state index is 0.139. The first kappa shape index (κ1) is 13.8. The molecule has 1 saturated heterocycles. The number of likely N-dealkylation sites (N-methyl/N-ethyl adjacent to an activating group) is 2. The maximum Gasteiger partial charge on any atom is 0.254 e. The van der Waals surface area contributed by atoms with E-state index in [2.05, 4.69) is 34.5 Å². The standard InChI is InChI=1S/C14H19IN2O/c1-16-9-5-6-11(10-16)17(2)14(18)12-7-3-4-8-13(12)15/h3-4,7-8,11H,5-6,9-10H2,1-2H3. The highest BCUT2D eigenvalue weighted by molar-refractivity contribution is 14.1. The number of benzene rings is 1. The maximum atomic E-state index is 12.5. The van der Waals surface area contributed by atoms with Gasteiger partial charge in [-0.05, 0) is 61.2 Å². The fourth-order valence-electron chi connectivity index (χ4n) is 2.45. The second-order valence-corrected chi connectivity index (χ2v) is 6.12. The van der Waals surface area contributed by atoms with E-state index in [4.69, 9.17) is 0 Å². The van der Waals surface area contributed by atoms with Crippen molar-refractivity contribution in [1.82, 2.24) is 9.80 Å². The van der Waals surface area contributed by atoms with Crippen LogP contribution in [0.25, 0.3) is 0 Å². The summed E-state index contributed by atoms with van der Waals surface area (Å²) in [4.78, 5) is 16.7. The molecule has 1 aliphatic heterocycles. The average Bonchev–Trinajstić information content (AvgIpc) is 2.37. The predicted octanol–water partition coefficient (Wildman–Crippen LogP) is 2.46. The van der Waals surface area contributed by atoms with Gasteiger partial charge in [0.2, 0.25) is 0 Å². The van der Waals surface area contributed by atoms with Crippen LogP contribution in [-0.2, 0) is 0 Å². The van der Waals surface area contributed by atoms with Crippen LogP contribution in [0.5, 0.6) is 0 Å². The Labute approximate surface area is 122 Å². The predicted molar refractivity (Wildman–Crippen MR) is 81.8 cm³/mol. The van der Waals surface area contributed by atoms with Gasteiger partial charge in [0.25, 0.3) is 5.91 Å². The van der Waals surface area contributed by atoms with Crippen molar-refractivity contribution in [1.29, 1.82) is 0 Å². The molecule has 1 unspecified atom stereocenters. The van der Waals surface area contributed by atoms with Gasteiger partial charge in [0.15, 0.2) is 0 Å². The summed E-state index contributed by atoms with van der Waals surface area (Å²) in [6, 6.07) is 8.12. The molecule has 2 rings (SSSR count). The van der Waals surface area contributed by atoms with Crippen LogP contribution in [0.2, 0.25) is 0 Å². The molecule has 0 aromatic heterocycles. The van der Waals surface area contributed by atoms with Crippen molar-refractivity contribution in [3.63, 3.8) is 0 Å². The molecule has 3 nitrogen and oxygen atoms in total. The normalized spacial score (nSPS) is 20.7. The molecule has 1 aromatic rings. The molecule has 0 saturated carbocycles. The third-order valence-electron chi connectivity index (χ3n) is 3.57. The largest absolute Gasteiger partial charge is 0.337 e. The zero-order valence-electron chi connectivity index (χ0n) is 10.9. The molecule has 18 heavy (non-hydrogen) atoms. The number of amides is 1. The lowest BCUT2D eigenvalue weighted by Gasteiger charge is -2.36. The summed E-state index contributed by atoms with van der Waals surface area (Å²) in [5.41, 5.74) is 0.814. The molecule has 0 radical (unpaired) electrons. The number of nitrogens with zero attached hydrogens (tertiary/aromatic N) is 2. The van der Waals surface area contributed by atoms with Crippen LogP contribution in [0, 0.1) is 3.57 Å². The smallest absolute Gasteiger partial charge is 0.254 e. The first-order valence-corrected chi connectivity index (χ1v) is 7.37. The highest BCUT2D eigenvalue weighted by Gasteiger charge is 2.25. The molecule has 0 aliphatic carbocycles. The van der Waals surface area contributed by atoms with Crippen LogP contribution in [0.3, 0.4) is 0 Å². The van der Waals surface area contributed by atoms with Crippen LogP contribution in [0.4, 0.5) is 0 Å². The molecular weight excluding hydrogens is 339 g/mol. The number of carbonyl (C=O) groups excluding carboxylic acids is 1. The number of piperidine rings is 1. The Balaban J connectivity index is 2.11. The van der Waals surface area contributed by atoms with Crippen molar-refractivity contribution in [3.05, 3.63) is 33.4 Å². The molecular formula is C14H19IN2O. The second kappa shape index (κ2) is 6.02. The molecule has 1 heterocycles. The van der Waals surface area contributed by atoms with Gasteiger partial charge in [0.1, 0.15) is 0 Å². The van der Waals surface area contributed by atoms with Crippen molar-refractivity contribution in [2.24, 2.45) is 0 Å². The van der Waals surface area contributed by atoms with Gasteiger partial charge in [-0.2, -0.15) is 0 Å². The van der Waals surface area contributed by atoms with E-state index >= 15 is 0 Å². The molecule has 0 spiro atoms. The summed E-state index contributed by atoms with van der Waals surface area (Å²) < 4.78 is 1.02. The van der Waals surface area contributed by atoms with E-state index in [0.717, 1.165) is 28.6 Å². The molecule has 1 aromatic carbocycles. The Hall–Kier alpha value is -0.620. The molecule has 1 atom stereocenters. The van der Waals surface area contributed by atoms with E-state index in [1.807, 2.05) is 36.2 Å². The molecule has 1 aliphatic rings. The number of hydrogen-bond donors (Lipinski definition) is 0. The van der Waals surface area contributed by atoms with E-state index in [1.165, 1.54) is 6.42 Å². The van der Waals surface area contributed by atoms with Crippen molar-refractivity contribution < 1.29 is 4.79 Å². The topological polar surface area (TPSA) is 23.6 Å². The van der Waals surface area contributed by atoms with Crippen LogP contribution >= 0.6 is 22.6 Å². The van der Waals surface area contributed by atoms with Crippen molar-refractivity contribution in [2.75, 3.05) is 27.2 Å². The lowest BCUT2D eigenvalue weighted by molar-refractivity contribution is 0.0643. The highest BCUT2D eigenvalue weighted by Crippen LogP contribution is 2.18. The lowest BCUT2D eigenvalue weighted by atomic mass is 10.0. The van der Waals surface area contributed by atoms with Gasteiger partial charge in [-0.15, -0.1) is 0 Å². The van der Waals surface area contributed by atoms with Gasteiger partial charge in [-0.1, -0.05) is 12.1 Å². The molecule has 0 N–H and O–H groups in total. The Morgan fingerprint density at radius 2 is 2.17 bits per heavy atom. The monoisotopic (exact) mass is 358 g/mol. The van der Waals surface area contributed by atoms with Crippen molar-refractivity contribution in [2.45, 2.75) is 18.9 Å². The molecule has 1 amide bonds. The van der Waals surface area contributed by atoms with Crippen LogP contribution in [0.15, 0.2) is 24.3 Å². The zero-order valence-corrected chi connectivity index (χ0v) is 13.1. The van der Waals surface area contributed by atoms with E-state index in [1.54, 1.807) is 0 Å². The third kappa shape index (κ3) is 3.03. The Morgan fingerprint density at radius 1 is 1.44 bits per heavy atom. The zero-order chi connectivity index (χ0) is 13.1. The highest BCUT2D eigenvalue weighted by atomic mass is 127. The number of likely N-dealkylation sites (tertiary alicyclic amines) is 1. The minimum atomic E-state index is 0.139. The maximum absolute atomic E-state index is 12.5. The summed E-state index contributed by atoms with van der Waals surface area (Å²) in [6.45, 7) is 2.12. The van der Waals surface area contributed by atoms with Gasteiger partial charge < -0.3 is 9.80 Å². The van der Waals surface area contributed by atoms with E-state index in [9.17, 15) is 4.79 Å². The fraction of sp³-hybridized carbons (Fsp3) is 0.500. The van der Waals surface area contributed by atoms with Crippen LogP contribution in [0.1, 0.15) is 23.2 Å². The Kier molecular flexibility index (Phi) is 4.61. The molecule has 1 fully saturated rings. The number of rotatable bonds is 2. The van der Waals surface area contributed by atoms with Crippen molar-refractivity contribution in [3.8, 4) is 0 Å². The molecule has 4 heteroatoms. The van der Waals surface area contributed by atoms with Crippen LogP contribution < -0.4 is 0 Å². The Bertz CT molecular complexity index is 436. The quantitative estimate of drug-likeness (QED) is 0.759. The van der Waals surface area contributed by atoms with E-state index in [0.29, 0.717) is 6.04 Å². The van der Waals surface area contributed by atoms with E-state index in [-0.39, 0.29) is 5.91 Å². The first-order chi connectivity index (χ1) is 8.59. The summed E-state index contributed by atoms with van der Waals surface area (Å²) in [7, 11) is 4.05. The third-order valence-corrected chi connectivity index (χ3v) is 4.51. The minimum Gasteiger partial charge on any atom is -0.337 e. The second-order valence-electron chi connectivity index (χ2n) is 4.95. The van der Waals surface area contributed by atoms with Crippen LogP contribution in [-0.4, -0.2) is 48.9 Å². The summed E-state index contributed by atoms with van der Waals surface area (Å²) >= 11 is 2.23. The van der Waals surface area contributed by atoms with Gasteiger partial charge in [0, 0.05) is 23.2 Å². The average molecular weight is 358 g/mol. The fourth-order valence-corrected chi connectivity index (χ4v) is 3.06. The van der Waals surface area contributed by atoms with E-state index < -0.39 is 0 Å². The SMILES string of the molecule is CN1CCCC(N(C)C(=O)c2ccccc2I)C1. The summed E-state index contributed by atoms with van der Waals surface area (Å²) in [5.74, 6) is 0.139.